The van der Waals surface area contributed by atoms with Crippen LogP contribution in [-0.2, 0) is 5.41 Å². The maximum atomic E-state index is 2.49. The average molecular weight is 803 g/mol. The molecule has 0 saturated heterocycles. The summed E-state index contributed by atoms with van der Waals surface area (Å²) in [6, 6.07) is 70.2. The van der Waals surface area contributed by atoms with E-state index >= 15 is 0 Å². The molecule has 61 heavy (non-hydrogen) atoms. The fraction of sp³-hybridized carbons (Fsp3) is 0.172. The largest absolute Gasteiger partial charge is 0.310 e. The first-order valence-corrected chi connectivity index (χ1v) is 23.1. The summed E-state index contributed by atoms with van der Waals surface area (Å²) in [5.74, 6) is 2.81. The number of aromatic nitrogens is 1. The lowest BCUT2D eigenvalue weighted by Gasteiger charge is -2.57. The second-order valence-electron chi connectivity index (χ2n) is 18.4. The van der Waals surface area contributed by atoms with Crippen LogP contribution in [0.15, 0.2) is 188 Å². The van der Waals surface area contributed by atoms with Crippen molar-refractivity contribution in [1.29, 1.82) is 0 Å². The Morgan fingerprint density at radius 2 is 1.02 bits per heavy atom. The minimum absolute atomic E-state index is 0.384. The van der Waals surface area contributed by atoms with Crippen molar-refractivity contribution in [1.82, 2.24) is 4.40 Å². The van der Waals surface area contributed by atoms with Gasteiger partial charge in [0.05, 0.1) is 15.7 Å². The van der Waals surface area contributed by atoms with Crippen molar-refractivity contribution in [3.8, 4) is 33.4 Å². The average Bonchev–Trinajstić information content (AvgIpc) is 3.84. The van der Waals surface area contributed by atoms with E-state index in [2.05, 4.69) is 197 Å². The molecule has 8 aromatic carbocycles. The summed E-state index contributed by atoms with van der Waals surface area (Å²) in [4.78, 5) is 3.75. The lowest BCUT2D eigenvalue weighted by molar-refractivity contribution is -0.00518. The van der Waals surface area contributed by atoms with Crippen molar-refractivity contribution in [3.05, 3.63) is 194 Å². The normalized spacial score (nSPS) is 20.6. The van der Waals surface area contributed by atoms with Crippen LogP contribution in [0.1, 0.15) is 44.1 Å². The molecule has 0 N–H and O–H groups in total. The zero-order valence-electron chi connectivity index (χ0n) is 34.2. The molecular formula is C58H46N2S. The molecule has 2 aromatic heterocycles. The predicted molar refractivity (Wildman–Crippen MR) is 259 cm³/mol. The molecule has 2 heterocycles. The maximum Gasteiger partial charge on any atom is 0.109 e. The van der Waals surface area contributed by atoms with Crippen LogP contribution in [0.2, 0.25) is 0 Å². The van der Waals surface area contributed by atoms with Gasteiger partial charge in [0.15, 0.2) is 0 Å². The first-order chi connectivity index (χ1) is 30.1. The van der Waals surface area contributed by atoms with E-state index in [0.717, 1.165) is 17.8 Å². The molecule has 2 nitrogen and oxygen atoms in total. The van der Waals surface area contributed by atoms with E-state index in [-0.39, 0.29) is 0 Å². The molecule has 4 fully saturated rings. The Hall–Kier alpha value is -6.42. The highest BCUT2D eigenvalue weighted by molar-refractivity contribution is 7.25. The van der Waals surface area contributed by atoms with Gasteiger partial charge in [0.2, 0.25) is 0 Å². The third kappa shape index (κ3) is 5.74. The van der Waals surface area contributed by atoms with Crippen LogP contribution in [0.25, 0.3) is 70.1 Å². The number of para-hydroxylation sites is 1. The van der Waals surface area contributed by atoms with Gasteiger partial charge in [0, 0.05) is 33.6 Å². The standard InChI is InChI=1S/C58H46N2S/c1-3-10-41(11-4-1)42-20-25-48(26-21-42)59(49-28-23-47(24-29-49)58-35-38-30-39(36-58)32-40(31-38)37-58)50-27-22-44-33-46(19-18-45(44)34-50)51-15-9-17-54-56(51)61-57-55(43-12-5-2-6-13-43)52-14-7-8-16-53(52)60(54)57/h1-29,33-34,38-40H,30-32,35-37H2. The van der Waals surface area contributed by atoms with E-state index in [4.69, 9.17) is 0 Å². The van der Waals surface area contributed by atoms with Crippen LogP contribution in [0, 0.1) is 17.8 Å². The Bertz CT molecular complexity index is 3230. The Morgan fingerprint density at radius 1 is 0.459 bits per heavy atom. The van der Waals surface area contributed by atoms with E-state index in [1.54, 1.807) is 5.56 Å². The lowest BCUT2D eigenvalue weighted by atomic mass is 9.48. The van der Waals surface area contributed by atoms with Gasteiger partial charge in [-0.1, -0.05) is 133 Å². The topological polar surface area (TPSA) is 7.65 Å². The summed E-state index contributed by atoms with van der Waals surface area (Å²) in [6.07, 6.45) is 8.58. The van der Waals surface area contributed by atoms with E-state index in [1.165, 1.54) is 126 Å². The molecule has 0 aliphatic heterocycles. The zero-order chi connectivity index (χ0) is 40.1. The molecule has 0 unspecified atom stereocenters. The number of rotatable bonds is 7. The minimum Gasteiger partial charge on any atom is -0.310 e. The first-order valence-electron chi connectivity index (χ1n) is 22.2. The van der Waals surface area contributed by atoms with Crippen LogP contribution >= 0.6 is 11.3 Å². The van der Waals surface area contributed by atoms with Crippen molar-refractivity contribution in [3.63, 3.8) is 0 Å². The second kappa shape index (κ2) is 13.8. The molecule has 4 saturated carbocycles. The molecule has 0 atom stereocenters. The summed E-state index contributed by atoms with van der Waals surface area (Å²) >= 11 is 1.91. The summed E-state index contributed by atoms with van der Waals surface area (Å²) in [5, 5.41) is 3.78. The second-order valence-corrected chi connectivity index (χ2v) is 19.4. The highest BCUT2D eigenvalue weighted by atomic mass is 32.1. The number of anilines is 3. The lowest BCUT2D eigenvalue weighted by Crippen LogP contribution is -2.48. The number of hydrogen-bond acceptors (Lipinski definition) is 2. The van der Waals surface area contributed by atoms with Gasteiger partial charge < -0.3 is 4.90 Å². The van der Waals surface area contributed by atoms with E-state index < -0.39 is 0 Å². The number of hydrogen-bond donors (Lipinski definition) is 0. The molecule has 4 aliphatic rings. The number of thiazole rings is 1. The highest BCUT2D eigenvalue weighted by Crippen LogP contribution is 2.61. The van der Waals surface area contributed by atoms with Crippen molar-refractivity contribution in [2.75, 3.05) is 4.90 Å². The smallest absolute Gasteiger partial charge is 0.109 e. The van der Waals surface area contributed by atoms with Crippen LogP contribution < -0.4 is 4.90 Å². The Morgan fingerprint density at radius 3 is 1.74 bits per heavy atom. The van der Waals surface area contributed by atoms with Crippen molar-refractivity contribution < 1.29 is 0 Å². The van der Waals surface area contributed by atoms with Gasteiger partial charge in [-0.2, -0.15) is 0 Å². The number of fused-ring (bicyclic) bond motifs is 6. The molecule has 0 spiro atoms. The van der Waals surface area contributed by atoms with Gasteiger partial charge in [-0.25, -0.2) is 0 Å². The van der Waals surface area contributed by atoms with E-state index in [9.17, 15) is 0 Å². The Balaban J connectivity index is 0.894. The molecule has 10 aromatic rings. The van der Waals surface area contributed by atoms with Crippen LogP contribution in [0.3, 0.4) is 0 Å². The molecular weight excluding hydrogens is 757 g/mol. The first kappa shape index (κ1) is 35.3. The third-order valence-corrected chi connectivity index (χ3v) is 15.9. The Kier molecular flexibility index (Phi) is 8.00. The third-order valence-electron chi connectivity index (χ3n) is 14.7. The highest BCUT2D eigenvalue weighted by Gasteiger charge is 2.51. The molecule has 0 radical (unpaired) electrons. The van der Waals surface area contributed by atoms with Gasteiger partial charge in [-0.05, 0) is 155 Å². The van der Waals surface area contributed by atoms with Gasteiger partial charge in [0.25, 0.3) is 0 Å². The number of nitrogens with zero attached hydrogens (tertiary/aromatic N) is 2. The van der Waals surface area contributed by atoms with Crippen molar-refractivity contribution in [2.24, 2.45) is 17.8 Å². The van der Waals surface area contributed by atoms with Crippen LogP contribution in [-0.4, -0.2) is 4.40 Å². The SMILES string of the molecule is c1ccc(-c2ccc(N(c3ccc(C45CC6CC(CC(C6)C4)C5)cc3)c3ccc4cc(-c5cccc6c5sc5c(-c7ccccc7)c7ccccc7n56)ccc4c3)cc2)cc1. The number of benzene rings is 8. The van der Waals surface area contributed by atoms with Gasteiger partial charge in [-0.15, -0.1) is 11.3 Å². The van der Waals surface area contributed by atoms with Crippen LogP contribution in [0.5, 0.6) is 0 Å². The summed E-state index contributed by atoms with van der Waals surface area (Å²) in [6.45, 7) is 0. The maximum absolute atomic E-state index is 2.49. The Labute approximate surface area is 361 Å². The molecule has 3 heteroatoms. The molecule has 0 amide bonds. The van der Waals surface area contributed by atoms with Crippen molar-refractivity contribution in [2.45, 2.75) is 43.9 Å². The monoisotopic (exact) mass is 802 g/mol. The molecule has 4 bridgehead atoms. The van der Waals surface area contributed by atoms with Gasteiger partial charge in [0.1, 0.15) is 4.83 Å². The summed E-state index contributed by atoms with van der Waals surface area (Å²) in [5.41, 5.74) is 15.6. The van der Waals surface area contributed by atoms with E-state index in [1.807, 2.05) is 11.3 Å². The minimum atomic E-state index is 0.384. The van der Waals surface area contributed by atoms with E-state index in [0.29, 0.717) is 5.41 Å². The fourth-order valence-electron chi connectivity index (χ4n) is 12.4. The van der Waals surface area contributed by atoms with Gasteiger partial charge >= 0.3 is 0 Å². The summed E-state index contributed by atoms with van der Waals surface area (Å²) in [7, 11) is 0. The fourth-order valence-corrected chi connectivity index (χ4v) is 13.8. The van der Waals surface area contributed by atoms with Crippen LogP contribution in [0.4, 0.5) is 17.1 Å². The molecule has 294 valence electrons. The zero-order valence-corrected chi connectivity index (χ0v) is 35.0. The van der Waals surface area contributed by atoms with Crippen molar-refractivity contribution >= 4 is 65.1 Å². The summed E-state index contributed by atoms with van der Waals surface area (Å²) < 4.78 is 3.80. The molecule has 4 aliphatic carbocycles. The quantitative estimate of drug-likeness (QED) is 0.156. The predicted octanol–water partition coefficient (Wildman–Crippen LogP) is 16.4. The molecule has 14 rings (SSSR count). The van der Waals surface area contributed by atoms with Gasteiger partial charge in [-0.3, -0.25) is 4.40 Å².